The summed E-state index contributed by atoms with van der Waals surface area (Å²) in [5.74, 6) is 0.594. The molecule has 1 atom stereocenters. The number of amides is 1. The van der Waals surface area contributed by atoms with Crippen molar-refractivity contribution >= 4 is 17.5 Å². The number of ether oxygens (including phenoxy) is 2. The standard InChI is InChI=1S/C18H19ClN2O3/c19-17-10-13(7-8-20-17)12-24-15-5-3-14(4-6-15)18(22)21-11-16-2-1-9-23-16/h3-8,10,16H,1-2,9,11-12H2,(H,21,22). The number of nitrogens with zero attached hydrogens (tertiary/aromatic N) is 1. The third-order valence-corrected chi connectivity index (χ3v) is 4.03. The van der Waals surface area contributed by atoms with Gasteiger partial charge in [-0.3, -0.25) is 4.79 Å². The highest BCUT2D eigenvalue weighted by Gasteiger charge is 2.16. The molecule has 3 rings (SSSR count). The molecule has 1 aliphatic rings. The molecule has 126 valence electrons. The highest BCUT2D eigenvalue weighted by molar-refractivity contribution is 6.29. The number of halogens is 1. The predicted octanol–water partition coefficient (Wildman–Crippen LogP) is 3.22. The van der Waals surface area contributed by atoms with Gasteiger partial charge in [0.05, 0.1) is 6.10 Å². The molecule has 5 nitrogen and oxygen atoms in total. The summed E-state index contributed by atoms with van der Waals surface area (Å²) in [6, 6.07) is 10.7. The van der Waals surface area contributed by atoms with Crippen molar-refractivity contribution in [3.8, 4) is 5.75 Å². The second-order valence-electron chi connectivity index (χ2n) is 5.64. The highest BCUT2D eigenvalue weighted by Crippen LogP contribution is 2.16. The summed E-state index contributed by atoms with van der Waals surface area (Å²) < 4.78 is 11.2. The summed E-state index contributed by atoms with van der Waals surface area (Å²) in [5.41, 5.74) is 1.54. The molecule has 0 bridgehead atoms. The van der Waals surface area contributed by atoms with Gasteiger partial charge >= 0.3 is 0 Å². The van der Waals surface area contributed by atoms with E-state index in [9.17, 15) is 4.79 Å². The largest absolute Gasteiger partial charge is 0.489 e. The Morgan fingerprint density at radius 3 is 2.88 bits per heavy atom. The maximum Gasteiger partial charge on any atom is 0.251 e. The topological polar surface area (TPSA) is 60.5 Å². The predicted molar refractivity (Wildman–Crippen MR) is 91.3 cm³/mol. The molecule has 6 heteroatoms. The molecular formula is C18H19ClN2O3. The Morgan fingerprint density at radius 2 is 2.17 bits per heavy atom. The first-order valence-electron chi connectivity index (χ1n) is 7.94. The maximum absolute atomic E-state index is 12.1. The van der Waals surface area contributed by atoms with Crippen molar-refractivity contribution in [1.82, 2.24) is 10.3 Å². The summed E-state index contributed by atoms with van der Waals surface area (Å²) in [6.45, 7) is 1.74. The lowest BCUT2D eigenvalue weighted by Gasteiger charge is -2.11. The Hall–Kier alpha value is -2.11. The monoisotopic (exact) mass is 346 g/mol. The van der Waals surface area contributed by atoms with Crippen LogP contribution in [0, 0.1) is 0 Å². The van der Waals surface area contributed by atoms with Gasteiger partial charge in [0.25, 0.3) is 5.91 Å². The number of aromatic nitrogens is 1. The number of carbonyl (C=O) groups excluding carboxylic acids is 1. The third-order valence-electron chi connectivity index (χ3n) is 3.83. The molecule has 2 aromatic rings. The zero-order valence-corrected chi connectivity index (χ0v) is 14.0. The van der Waals surface area contributed by atoms with Gasteiger partial charge in [0.1, 0.15) is 17.5 Å². The van der Waals surface area contributed by atoms with Gasteiger partial charge in [-0.2, -0.15) is 0 Å². The minimum atomic E-state index is -0.0991. The van der Waals surface area contributed by atoms with Crippen LogP contribution in [-0.4, -0.2) is 30.1 Å². The summed E-state index contributed by atoms with van der Waals surface area (Å²) in [5, 5.41) is 3.34. The quantitative estimate of drug-likeness (QED) is 0.816. The van der Waals surface area contributed by atoms with Crippen LogP contribution in [0.25, 0.3) is 0 Å². The van der Waals surface area contributed by atoms with Crippen LogP contribution in [0.1, 0.15) is 28.8 Å². The maximum atomic E-state index is 12.1. The summed E-state index contributed by atoms with van der Waals surface area (Å²) in [4.78, 5) is 16.0. The Kier molecular flexibility index (Phi) is 5.67. The zero-order valence-electron chi connectivity index (χ0n) is 13.2. The molecule has 1 N–H and O–H groups in total. The van der Waals surface area contributed by atoms with Crippen LogP contribution in [0.5, 0.6) is 5.75 Å². The SMILES string of the molecule is O=C(NCC1CCCO1)c1ccc(OCc2ccnc(Cl)c2)cc1. The van der Waals surface area contributed by atoms with Crippen LogP contribution in [0.2, 0.25) is 5.15 Å². The van der Waals surface area contributed by atoms with Crippen molar-refractivity contribution in [2.24, 2.45) is 0 Å². The van der Waals surface area contributed by atoms with E-state index in [0.717, 1.165) is 25.0 Å². The molecule has 24 heavy (non-hydrogen) atoms. The molecule has 1 aromatic heterocycles. The van der Waals surface area contributed by atoms with Gasteiger partial charge in [-0.15, -0.1) is 0 Å². The van der Waals surface area contributed by atoms with E-state index in [-0.39, 0.29) is 12.0 Å². The summed E-state index contributed by atoms with van der Waals surface area (Å²) in [7, 11) is 0. The lowest BCUT2D eigenvalue weighted by Crippen LogP contribution is -2.31. The van der Waals surface area contributed by atoms with Gasteiger partial charge < -0.3 is 14.8 Å². The normalized spacial score (nSPS) is 16.8. The van der Waals surface area contributed by atoms with Crippen LogP contribution < -0.4 is 10.1 Å². The fourth-order valence-electron chi connectivity index (χ4n) is 2.52. The van der Waals surface area contributed by atoms with Crippen molar-refractivity contribution in [2.75, 3.05) is 13.2 Å². The molecule has 0 radical (unpaired) electrons. The third kappa shape index (κ3) is 4.69. The van der Waals surface area contributed by atoms with Crippen LogP contribution in [0.15, 0.2) is 42.6 Å². The van der Waals surface area contributed by atoms with Gasteiger partial charge in [0, 0.05) is 24.9 Å². The van der Waals surface area contributed by atoms with E-state index in [1.165, 1.54) is 0 Å². The first-order chi connectivity index (χ1) is 11.7. The van der Waals surface area contributed by atoms with E-state index in [1.807, 2.05) is 6.07 Å². The molecule has 1 aliphatic heterocycles. The molecule has 1 aromatic carbocycles. The molecule has 1 amide bonds. The number of benzene rings is 1. The van der Waals surface area contributed by atoms with Gasteiger partial charge in [-0.05, 0) is 54.8 Å². The van der Waals surface area contributed by atoms with Crippen LogP contribution in [0.3, 0.4) is 0 Å². The number of nitrogens with one attached hydrogen (secondary N) is 1. The molecule has 1 fully saturated rings. The van der Waals surface area contributed by atoms with Gasteiger partial charge in [0.15, 0.2) is 0 Å². The van der Waals surface area contributed by atoms with Crippen molar-refractivity contribution in [2.45, 2.75) is 25.6 Å². The minimum absolute atomic E-state index is 0.0991. The summed E-state index contributed by atoms with van der Waals surface area (Å²) in [6.07, 6.45) is 3.85. The molecule has 2 heterocycles. The highest BCUT2D eigenvalue weighted by atomic mass is 35.5. The fraction of sp³-hybridized carbons (Fsp3) is 0.333. The van der Waals surface area contributed by atoms with Crippen LogP contribution in [0.4, 0.5) is 0 Å². The number of rotatable bonds is 6. The van der Waals surface area contributed by atoms with Crippen LogP contribution in [-0.2, 0) is 11.3 Å². The summed E-state index contributed by atoms with van der Waals surface area (Å²) >= 11 is 5.84. The number of hydrogen-bond acceptors (Lipinski definition) is 4. The van der Waals surface area contributed by atoms with Crippen molar-refractivity contribution in [3.05, 3.63) is 58.9 Å². The number of carbonyl (C=O) groups is 1. The average molecular weight is 347 g/mol. The number of hydrogen-bond donors (Lipinski definition) is 1. The molecule has 0 saturated carbocycles. The minimum Gasteiger partial charge on any atom is -0.489 e. The Morgan fingerprint density at radius 1 is 1.33 bits per heavy atom. The van der Waals surface area contributed by atoms with Gasteiger partial charge in [-0.25, -0.2) is 4.98 Å². The zero-order chi connectivity index (χ0) is 16.8. The van der Waals surface area contributed by atoms with E-state index < -0.39 is 0 Å². The van der Waals surface area contributed by atoms with Gasteiger partial charge in [-0.1, -0.05) is 11.6 Å². The van der Waals surface area contributed by atoms with E-state index in [0.29, 0.717) is 29.6 Å². The first-order valence-corrected chi connectivity index (χ1v) is 8.31. The second-order valence-corrected chi connectivity index (χ2v) is 6.03. The lowest BCUT2D eigenvalue weighted by molar-refractivity contribution is 0.0857. The Labute approximate surface area is 145 Å². The fourth-order valence-corrected chi connectivity index (χ4v) is 2.71. The molecule has 1 saturated heterocycles. The molecule has 0 aliphatic carbocycles. The van der Waals surface area contributed by atoms with Crippen molar-refractivity contribution in [3.63, 3.8) is 0 Å². The van der Waals surface area contributed by atoms with E-state index >= 15 is 0 Å². The molecule has 1 unspecified atom stereocenters. The molecule has 0 spiro atoms. The number of pyridine rings is 1. The van der Waals surface area contributed by atoms with Gasteiger partial charge in [0.2, 0.25) is 0 Å². The van der Waals surface area contributed by atoms with E-state index in [2.05, 4.69) is 10.3 Å². The smallest absolute Gasteiger partial charge is 0.251 e. The van der Waals surface area contributed by atoms with E-state index in [4.69, 9.17) is 21.1 Å². The van der Waals surface area contributed by atoms with Crippen LogP contribution >= 0.6 is 11.6 Å². The molecular weight excluding hydrogens is 328 g/mol. The Bertz CT molecular complexity index is 685. The van der Waals surface area contributed by atoms with Crippen molar-refractivity contribution < 1.29 is 14.3 Å². The Balaban J connectivity index is 1.50. The first kappa shape index (κ1) is 16.7. The average Bonchev–Trinajstić information content (AvgIpc) is 3.12. The van der Waals surface area contributed by atoms with Crippen molar-refractivity contribution in [1.29, 1.82) is 0 Å². The second kappa shape index (κ2) is 8.13. The van der Waals surface area contributed by atoms with E-state index in [1.54, 1.807) is 36.5 Å². The lowest BCUT2D eigenvalue weighted by atomic mass is 10.2.